The third-order valence-electron chi connectivity index (χ3n) is 4.42. The molecule has 1 heterocycles. The molecule has 3 rings (SSSR count). The number of aromatic nitrogens is 2. The van der Waals surface area contributed by atoms with Crippen molar-refractivity contribution in [1.82, 2.24) is 9.97 Å². The molecule has 0 atom stereocenters. The van der Waals surface area contributed by atoms with Gasteiger partial charge in [-0.2, -0.15) is 4.98 Å². The van der Waals surface area contributed by atoms with Crippen molar-refractivity contribution in [3.63, 3.8) is 0 Å². The highest BCUT2D eigenvalue weighted by atomic mass is 32.2. The van der Waals surface area contributed by atoms with E-state index in [1.165, 1.54) is 5.56 Å². The van der Waals surface area contributed by atoms with Crippen LogP contribution in [0.3, 0.4) is 0 Å². The quantitative estimate of drug-likeness (QED) is 0.455. The van der Waals surface area contributed by atoms with Gasteiger partial charge in [0.1, 0.15) is 12.4 Å². The Morgan fingerprint density at radius 3 is 2.85 bits per heavy atom. The van der Waals surface area contributed by atoms with Crippen LogP contribution in [0.15, 0.2) is 36.0 Å². The van der Waals surface area contributed by atoms with Gasteiger partial charge in [-0.1, -0.05) is 44.3 Å². The minimum Gasteiger partial charge on any atom is -0.497 e. The van der Waals surface area contributed by atoms with Gasteiger partial charge in [0, 0.05) is 28.8 Å². The van der Waals surface area contributed by atoms with Crippen molar-refractivity contribution in [3.05, 3.63) is 42.0 Å². The molecule has 2 aromatic rings. The Morgan fingerprint density at radius 1 is 1.35 bits per heavy atom. The zero-order valence-corrected chi connectivity index (χ0v) is 16.4. The molecule has 0 radical (unpaired) electrons. The summed E-state index contributed by atoms with van der Waals surface area (Å²) in [6, 6.07) is 6.17. The van der Waals surface area contributed by atoms with E-state index in [2.05, 4.69) is 31.5 Å². The fraction of sp³-hybridized carbons (Fsp3) is 0.400. The highest BCUT2D eigenvalue weighted by molar-refractivity contribution is 7.99. The number of benzene rings is 1. The van der Waals surface area contributed by atoms with Crippen LogP contribution in [-0.4, -0.2) is 36.0 Å². The van der Waals surface area contributed by atoms with Gasteiger partial charge in [-0.05, 0) is 24.1 Å². The number of ether oxygens (including phenoxy) is 2. The molecule has 138 valence electrons. The largest absolute Gasteiger partial charge is 0.497 e. The molecule has 1 aromatic carbocycles. The summed E-state index contributed by atoms with van der Waals surface area (Å²) in [4.78, 5) is 9.53. The van der Waals surface area contributed by atoms with Gasteiger partial charge in [0.05, 0.1) is 12.8 Å². The van der Waals surface area contributed by atoms with E-state index >= 15 is 0 Å². The summed E-state index contributed by atoms with van der Waals surface area (Å²) in [5.41, 5.74) is 9.82. The summed E-state index contributed by atoms with van der Waals surface area (Å²) in [5.74, 6) is 2.21. The van der Waals surface area contributed by atoms with Gasteiger partial charge < -0.3 is 15.2 Å². The van der Waals surface area contributed by atoms with Crippen LogP contribution in [0.5, 0.6) is 11.6 Å². The van der Waals surface area contributed by atoms with E-state index in [4.69, 9.17) is 20.2 Å². The second kappa shape index (κ2) is 7.68. The molecule has 1 aliphatic carbocycles. The van der Waals surface area contributed by atoms with Crippen LogP contribution in [-0.2, 0) is 11.8 Å². The Balaban J connectivity index is 2.22. The minimum absolute atomic E-state index is 0.134. The minimum atomic E-state index is -0.134. The van der Waals surface area contributed by atoms with E-state index in [0.29, 0.717) is 24.2 Å². The van der Waals surface area contributed by atoms with Crippen LogP contribution in [0.1, 0.15) is 25.0 Å². The second-order valence-corrected chi connectivity index (χ2v) is 7.92. The van der Waals surface area contributed by atoms with Crippen LogP contribution in [0.2, 0.25) is 0 Å². The van der Waals surface area contributed by atoms with E-state index in [9.17, 15) is 0 Å². The molecule has 0 unspecified atom stereocenters. The summed E-state index contributed by atoms with van der Waals surface area (Å²) in [6.07, 6.45) is 2.62. The van der Waals surface area contributed by atoms with E-state index in [1.807, 2.05) is 12.1 Å². The summed E-state index contributed by atoms with van der Waals surface area (Å²) < 4.78 is 11.4. The second-order valence-electron chi connectivity index (χ2n) is 6.86. The summed E-state index contributed by atoms with van der Waals surface area (Å²) in [7, 11) is 1.68. The first-order valence-corrected chi connectivity index (χ1v) is 9.65. The van der Waals surface area contributed by atoms with Crippen molar-refractivity contribution < 1.29 is 9.47 Å². The molecule has 2 N–H and O–H groups in total. The maximum absolute atomic E-state index is 5.94. The van der Waals surface area contributed by atoms with Crippen molar-refractivity contribution >= 4 is 11.8 Å². The maximum Gasteiger partial charge on any atom is 0.222 e. The van der Waals surface area contributed by atoms with Gasteiger partial charge in [0.25, 0.3) is 0 Å². The normalized spacial score (nSPS) is 14.3. The van der Waals surface area contributed by atoms with Gasteiger partial charge in [-0.25, -0.2) is 4.98 Å². The maximum atomic E-state index is 5.94. The number of methoxy groups -OCH3 is 1. The van der Waals surface area contributed by atoms with E-state index in [-0.39, 0.29) is 5.41 Å². The molecule has 1 aliphatic rings. The number of rotatable bonds is 7. The van der Waals surface area contributed by atoms with Gasteiger partial charge in [0.2, 0.25) is 5.88 Å². The molecule has 6 heteroatoms. The molecule has 0 saturated heterocycles. The lowest BCUT2D eigenvalue weighted by Crippen LogP contribution is -2.28. The average Bonchev–Trinajstić information content (AvgIpc) is 2.63. The molecule has 0 saturated carbocycles. The molecule has 1 aromatic heterocycles. The summed E-state index contributed by atoms with van der Waals surface area (Å²) in [5, 5.41) is 0.680. The van der Waals surface area contributed by atoms with Crippen molar-refractivity contribution in [3.8, 4) is 22.9 Å². The standard InChI is InChI=1S/C20H25N3O2S/c1-5-9-25-18-16-17(22-19(23-18)26-10-8-21)15-11-14(24-4)7-6-13(15)12-20(16,2)3/h5-7,11H,1,8-10,12,21H2,2-4H3. The van der Waals surface area contributed by atoms with Gasteiger partial charge >= 0.3 is 0 Å². The first-order valence-electron chi connectivity index (χ1n) is 8.66. The molecular formula is C20H25N3O2S. The number of nitrogens with zero attached hydrogens (tertiary/aromatic N) is 2. The Morgan fingerprint density at radius 2 is 2.15 bits per heavy atom. The molecule has 0 bridgehead atoms. The lowest BCUT2D eigenvalue weighted by atomic mass is 9.72. The Bertz CT molecular complexity index is 821. The third kappa shape index (κ3) is 3.57. The van der Waals surface area contributed by atoms with Crippen molar-refractivity contribution in [2.75, 3.05) is 26.0 Å². The van der Waals surface area contributed by atoms with Gasteiger partial charge in [0.15, 0.2) is 5.16 Å². The predicted octanol–water partition coefficient (Wildman–Crippen LogP) is 3.60. The van der Waals surface area contributed by atoms with Gasteiger partial charge in [-0.15, -0.1) is 0 Å². The van der Waals surface area contributed by atoms with Crippen LogP contribution in [0, 0.1) is 0 Å². The first-order chi connectivity index (χ1) is 12.5. The Labute approximate surface area is 159 Å². The molecule has 26 heavy (non-hydrogen) atoms. The number of thioether (sulfide) groups is 1. The van der Waals surface area contributed by atoms with E-state index in [1.54, 1.807) is 24.9 Å². The molecule has 5 nitrogen and oxygen atoms in total. The lowest BCUT2D eigenvalue weighted by molar-refractivity contribution is 0.327. The summed E-state index contributed by atoms with van der Waals surface area (Å²) in [6.45, 7) is 9.14. The number of hydrogen-bond acceptors (Lipinski definition) is 6. The molecule has 0 aliphatic heterocycles. The molecule has 0 spiro atoms. The predicted molar refractivity (Wildman–Crippen MR) is 106 cm³/mol. The van der Waals surface area contributed by atoms with Gasteiger partial charge in [-0.3, -0.25) is 0 Å². The van der Waals surface area contributed by atoms with Crippen LogP contribution >= 0.6 is 11.8 Å². The summed E-state index contributed by atoms with van der Waals surface area (Å²) >= 11 is 1.54. The smallest absolute Gasteiger partial charge is 0.222 e. The average molecular weight is 372 g/mol. The topological polar surface area (TPSA) is 70.3 Å². The van der Waals surface area contributed by atoms with Crippen LogP contribution < -0.4 is 15.2 Å². The number of hydrogen-bond donors (Lipinski definition) is 1. The first kappa shape index (κ1) is 18.7. The van der Waals surface area contributed by atoms with Crippen LogP contribution in [0.25, 0.3) is 11.3 Å². The molecular weight excluding hydrogens is 346 g/mol. The third-order valence-corrected chi connectivity index (χ3v) is 5.30. The van der Waals surface area contributed by atoms with E-state index in [0.717, 1.165) is 34.7 Å². The fourth-order valence-corrected chi connectivity index (χ4v) is 3.91. The fourth-order valence-electron chi connectivity index (χ4n) is 3.30. The number of fused-ring (bicyclic) bond motifs is 3. The molecule has 0 fully saturated rings. The van der Waals surface area contributed by atoms with E-state index < -0.39 is 0 Å². The number of nitrogens with two attached hydrogens (primary N) is 1. The SMILES string of the molecule is C=CCOc1nc(SCCN)nc2c1C(C)(C)Cc1ccc(OC)cc1-2. The zero-order chi connectivity index (χ0) is 18.7. The highest BCUT2D eigenvalue weighted by Gasteiger charge is 2.36. The lowest BCUT2D eigenvalue weighted by Gasteiger charge is -2.34. The highest BCUT2D eigenvalue weighted by Crippen LogP contribution is 2.47. The van der Waals surface area contributed by atoms with Crippen LogP contribution in [0.4, 0.5) is 0 Å². The Hall–Kier alpha value is -2.05. The molecule has 0 amide bonds. The van der Waals surface area contributed by atoms with Crippen molar-refractivity contribution in [2.24, 2.45) is 5.73 Å². The monoisotopic (exact) mass is 371 g/mol. The van der Waals surface area contributed by atoms with Crippen molar-refractivity contribution in [2.45, 2.75) is 30.8 Å². The zero-order valence-electron chi connectivity index (χ0n) is 15.5. The van der Waals surface area contributed by atoms with Crippen molar-refractivity contribution in [1.29, 1.82) is 0 Å². The Kier molecular flexibility index (Phi) is 5.53.